The van der Waals surface area contributed by atoms with Crippen LogP contribution in [-0.2, 0) is 11.3 Å². The van der Waals surface area contributed by atoms with E-state index in [-0.39, 0.29) is 5.91 Å². The third kappa shape index (κ3) is 6.64. The Hall–Kier alpha value is -1.35. The largest absolute Gasteiger partial charge is 0.353 e. The van der Waals surface area contributed by atoms with Gasteiger partial charge >= 0.3 is 0 Å². The number of hydrogen-bond donors (Lipinski definition) is 1. The van der Waals surface area contributed by atoms with Gasteiger partial charge in [0.25, 0.3) is 0 Å². The molecule has 0 spiro atoms. The van der Waals surface area contributed by atoms with Gasteiger partial charge in [-0.3, -0.25) is 9.69 Å². The molecule has 134 valence electrons. The van der Waals surface area contributed by atoms with Crippen LogP contribution in [0.25, 0.3) is 0 Å². The highest BCUT2D eigenvalue weighted by atomic mass is 16.1. The first kappa shape index (κ1) is 19.0. The number of nitrogens with one attached hydrogen (secondary N) is 1. The number of aryl methyl sites for hydroxylation is 1. The number of nitrogens with zero attached hydrogens (tertiary/aromatic N) is 1. The van der Waals surface area contributed by atoms with Gasteiger partial charge in [0.05, 0.1) is 0 Å². The lowest BCUT2D eigenvalue weighted by atomic mass is 10.0. The van der Waals surface area contributed by atoms with Gasteiger partial charge in [-0.25, -0.2) is 0 Å². The van der Waals surface area contributed by atoms with Crippen LogP contribution in [0.2, 0.25) is 0 Å². The molecule has 0 aliphatic carbocycles. The third-order valence-electron chi connectivity index (χ3n) is 5.12. The summed E-state index contributed by atoms with van der Waals surface area (Å²) in [7, 11) is 0. The van der Waals surface area contributed by atoms with Crippen molar-refractivity contribution in [2.75, 3.05) is 13.1 Å². The molecule has 2 rings (SSSR count). The van der Waals surface area contributed by atoms with E-state index in [1.165, 1.54) is 36.8 Å². The van der Waals surface area contributed by atoms with Crippen LogP contribution in [0.15, 0.2) is 24.3 Å². The van der Waals surface area contributed by atoms with Gasteiger partial charge in [0.1, 0.15) is 0 Å². The highest BCUT2D eigenvalue weighted by Gasteiger charge is 2.20. The maximum absolute atomic E-state index is 12.0. The molecule has 1 saturated heterocycles. The van der Waals surface area contributed by atoms with E-state index >= 15 is 0 Å². The molecule has 0 saturated carbocycles. The fraction of sp³-hybridized carbons (Fsp3) is 0.667. The molecule has 1 fully saturated rings. The lowest BCUT2D eigenvalue weighted by Gasteiger charge is -2.32. The van der Waals surface area contributed by atoms with Crippen molar-refractivity contribution in [2.24, 2.45) is 0 Å². The van der Waals surface area contributed by atoms with Crippen molar-refractivity contribution < 1.29 is 4.79 Å². The van der Waals surface area contributed by atoms with Gasteiger partial charge < -0.3 is 5.32 Å². The summed E-state index contributed by atoms with van der Waals surface area (Å²) in [6, 6.07) is 9.00. The lowest BCUT2D eigenvalue weighted by Crippen LogP contribution is -2.44. The summed E-state index contributed by atoms with van der Waals surface area (Å²) in [5, 5.41) is 3.24. The summed E-state index contributed by atoms with van der Waals surface area (Å²) in [6.45, 7) is 7.59. The van der Waals surface area contributed by atoms with E-state index in [1.807, 2.05) is 0 Å². The zero-order valence-corrected chi connectivity index (χ0v) is 15.5. The molecule has 1 aliphatic rings. The van der Waals surface area contributed by atoms with E-state index in [1.54, 1.807) is 0 Å². The average Bonchev–Trinajstić information content (AvgIpc) is 2.58. The first-order valence-corrected chi connectivity index (χ1v) is 9.75. The molecule has 0 bridgehead atoms. The molecule has 24 heavy (non-hydrogen) atoms. The molecule has 1 amide bonds. The molecule has 3 nitrogen and oxygen atoms in total. The van der Waals surface area contributed by atoms with Crippen LogP contribution in [0.4, 0.5) is 0 Å². The van der Waals surface area contributed by atoms with Crippen LogP contribution >= 0.6 is 0 Å². The van der Waals surface area contributed by atoms with E-state index in [0.717, 1.165) is 38.9 Å². The standard InChI is InChI=1S/C21H34N2O/c1-3-4-5-6-7-12-21(24)22-20-13-15-23(16-14-20)17-19-11-9-8-10-18(19)2/h8-11,20H,3-7,12-17H2,1-2H3,(H,22,24). The van der Waals surface area contributed by atoms with Crippen LogP contribution in [0.1, 0.15) is 69.4 Å². The quantitative estimate of drug-likeness (QED) is 0.679. The Bertz CT molecular complexity index is 492. The van der Waals surface area contributed by atoms with E-state index < -0.39 is 0 Å². The van der Waals surface area contributed by atoms with Crippen molar-refractivity contribution in [3.63, 3.8) is 0 Å². The van der Waals surface area contributed by atoms with Crippen molar-refractivity contribution in [3.8, 4) is 0 Å². The summed E-state index contributed by atoms with van der Waals surface area (Å²) in [6.07, 6.45) is 8.90. The summed E-state index contributed by atoms with van der Waals surface area (Å²) in [5.41, 5.74) is 2.79. The van der Waals surface area contributed by atoms with Gasteiger partial charge in [-0.05, 0) is 37.3 Å². The SMILES string of the molecule is CCCCCCCC(=O)NC1CCN(Cc2ccccc2C)CC1. The molecule has 1 N–H and O–H groups in total. The molecule has 0 radical (unpaired) electrons. The Balaban J connectivity index is 1.62. The minimum atomic E-state index is 0.254. The molecule has 3 heteroatoms. The zero-order valence-electron chi connectivity index (χ0n) is 15.5. The van der Waals surface area contributed by atoms with Crippen LogP contribution < -0.4 is 5.32 Å². The minimum absolute atomic E-state index is 0.254. The monoisotopic (exact) mass is 330 g/mol. The van der Waals surface area contributed by atoms with Crippen LogP contribution in [0.5, 0.6) is 0 Å². The van der Waals surface area contributed by atoms with Crippen molar-refractivity contribution in [3.05, 3.63) is 35.4 Å². The second kappa shape index (κ2) is 10.5. The van der Waals surface area contributed by atoms with Crippen molar-refractivity contribution >= 4 is 5.91 Å². The molecule has 0 unspecified atom stereocenters. The Morgan fingerprint density at radius 2 is 1.83 bits per heavy atom. The number of rotatable bonds is 9. The Morgan fingerprint density at radius 3 is 2.54 bits per heavy atom. The number of carbonyl (C=O) groups excluding carboxylic acids is 1. The Morgan fingerprint density at radius 1 is 1.12 bits per heavy atom. The van der Waals surface area contributed by atoms with Gasteiger partial charge in [-0.2, -0.15) is 0 Å². The van der Waals surface area contributed by atoms with Crippen LogP contribution in [0, 0.1) is 6.92 Å². The first-order valence-electron chi connectivity index (χ1n) is 9.75. The summed E-state index contributed by atoms with van der Waals surface area (Å²) >= 11 is 0. The number of benzene rings is 1. The van der Waals surface area contributed by atoms with Crippen molar-refractivity contribution in [2.45, 2.75) is 77.8 Å². The summed E-state index contributed by atoms with van der Waals surface area (Å²) in [5.74, 6) is 0.254. The normalized spacial score (nSPS) is 16.2. The topological polar surface area (TPSA) is 32.3 Å². The predicted molar refractivity (Wildman–Crippen MR) is 101 cm³/mol. The number of carbonyl (C=O) groups is 1. The second-order valence-corrected chi connectivity index (χ2v) is 7.21. The summed E-state index contributed by atoms with van der Waals surface area (Å²) < 4.78 is 0. The van der Waals surface area contributed by atoms with Crippen LogP contribution in [-0.4, -0.2) is 29.9 Å². The van der Waals surface area contributed by atoms with Crippen molar-refractivity contribution in [1.29, 1.82) is 0 Å². The molecule has 1 aromatic rings. The predicted octanol–water partition coefficient (Wildman–Crippen LogP) is 4.44. The highest BCUT2D eigenvalue weighted by Crippen LogP contribution is 2.16. The molecule has 0 aromatic heterocycles. The maximum atomic E-state index is 12.0. The van der Waals surface area contributed by atoms with E-state index in [0.29, 0.717) is 12.5 Å². The highest BCUT2D eigenvalue weighted by molar-refractivity contribution is 5.76. The summed E-state index contributed by atoms with van der Waals surface area (Å²) in [4.78, 5) is 14.5. The Kier molecular flexibility index (Phi) is 8.31. The molecule has 1 heterocycles. The van der Waals surface area contributed by atoms with Gasteiger partial charge in [-0.1, -0.05) is 56.9 Å². The number of likely N-dealkylation sites (tertiary alicyclic amines) is 1. The van der Waals surface area contributed by atoms with E-state index in [4.69, 9.17) is 0 Å². The molecule has 1 aliphatic heterocycles. The zero-order chi connectivity index (χ0) is 17.2. The van der Waals surface area contributed by atoms with E-state index in [9.17, 15) is 4.79 Å². The smallest absolute Gasteiger partial charge is 0.220 e. The fourth-order valence-electron chi connectivity index (χ4n) is 3.45. The number of amides is 1. The third-order valence-corrected chi connectivity index (χ3v) is 5.12. The number of unbranched alkanes of at least 4 members (excludes halogenated alkanes) is 4. The molecular formula is C21H34N2O. The maximum Gasteiger partial charge on any atom is 0.220 e. The van der Waals surface area contributed by atoms with Gasteiger partial charge in [0, 0.05) is 32.1 Å². The van der Waals surface area contributed by atoms with Gasteiger partial charge in [-0.15, -0.1) is 0 Å². The van der Waals surface area contributed by atoms with Crippen LogP contribution in [0.3, 0.4) is 0 Å². The number of hydrogen-bond acceptors (Lipinski definition) is 2. The molecule has 0 atom stereocenters. The Labute approximate surface area is 147 Å². The molecular weight excluding hydrogens is 296 g/mol. The van der Waals surface area contributed by atoms with Crippen molar-refractivity contribution in [1.82, 2.24) is 10.2 Å². The lowest BCUT2D eigenvalue weighted by molar-refractivity contribution is -0.122. The number of piperidine rings is 1. The van der Waals surface area contributed by atoms with E-state index in [2.05, 4.69) is 48.3 Å². The second-order valence-electron chi connectivity index (χ2n) is 7.21. The fourth-order valence-corrected chi connectivity index (χ4v) is 3.45. The average molecular weight is 331 g/mol. The first-order chi connectivity index (χ1) is 11.7. The minimum Gasteiger partial charge on any atom is -0.353 e. The van der Waals surface area contributed by atoms with Gasteiger partial charge in [0.2, 0.25) is 5.91 Å². The molecule has 1 aromatic carbocycles. The van der Waals surface area contributed by atoms with Gasteiger partial charge in [0.15, 0.2) is 0 Å².